The molecule has 100 valence electrons. The molecule has 4 nitrogen and oxygen atoms in total. The first kappa shape index (κ1) is 13.4. The third-order valence-electron chi connectivity index (χ3n) is 3.06. The van der Waals surface area contributed by atoms with E-state index in [0.717, 1.165) is 16.3 Å². The van der Waals surface area contributed by atoms with E-state index in [2.05, 4.69) is 0 Å². The lowest BCUT2D eigenvalue weighted by Crippen LogP contribution is -2.10. The second kappa shape index (κ2) is 5.71. The van der Waals surface area contributed by atoms with Crippen LogP contribution in [0.2, 0.25) is 0 Å². The summed E-state index contributed by atoms with van der Waals surface area (Å²) in [5, 5.41) is 10.6. The number of methoxy groups -OCH3 is 1. The molecule has 0 spiro atoms. The topological polar surface area (TPSA) is 55.8 Å². The Labute approximate surface area is 111 Å². The fourth-order valence-electron chi connectivity index (χ4n) is 2.04. The van der Waals surface area contributed by atoms with Gasteiger partial charge in [-0.15, -0.1) is 0 Å². The molecule has 0 aliphatic carbocycles. The van der Waals surface area contributed by atoms with Crippen LogP contribution in [0.3, 0.4) is 0 Å². The van der Waals surface area contributed by atoms with Crippen LogP contribution in [0.1, 0.15) is 18.6 Å². The molecule has 0 amide bonds. The molecule has 1 N–H and O–H groups in total. The molecule has 2 aromatic carbocycles. The van der Waals surface area contributed by atoms with Gasteiger partial charge in [-0.05, 0) is 23.9 Å². The first-order valence-electron chi connectivity index (χ1n) is 6.02. The molecule has 4 heteroatoms. The standard InChI is InChI=1S/C15H16O4/c1-10(18-2)11-7-8-14(19-9-15(16)17)13-6-4-3-5-12(11)13/h3-8,10H,9H2,1-2H3,(H,16,17)/t10-/m1/s1. The summed E-state index contributed by atoms with van der Waals surface area (Å²) in [7, 11) is 1.66. The third kappa shape index (κ3) is 2.85. The number of carbonyl (C=O) groups is 1. The highest BCUT2D eigenvalue weighted by molar-refractivity contribution is 5.91. The second-order valence-corrected chi connectivity index (χ2v) is 4.26. The Hall–Kier alpha value is -2.07. The lowest BCUT2D eigenvalue weighted by Gasteiger charge is -2.15. The van der Waals surface area contributed by atoms with Crippen molar-refractivity contribution < 1.29 is 19.4 Å². The van der Waals surface area contributed by atoms with Crippen molar-refractivity contribution in [3.05, 3.63) is 42.0 Å². The molecule has 0 aliphatic heterocycles. The molecule has 0 bridgehead atoms. The fourth-order valence-corrected chi connectivity index (χ4v) is 2.04. The van der Waals surface area contributed by atoms with Crippen LogP contribution in [0.5, 0.6) is 5.75 Å². The summed E-state index contributed by atoms with van der Waals surface area (Å²) in [5.74, 6) is -0.413. The van der Waals surface area contributed by atoms with Gasteiger partial charge in [0.1, 0.15) is 5.75 Å². The molecule has 0 aliphatic rings. The van der Waals surface area contributed by atoms with Crippen molar-refractivity contribution in [2.45, 2.75) is 13.0 Å². The van der Waals surface area contributed by atoms with E-state index < -0.39 is 5.97 Å². The van der Waals surface area contributed by atoms with E-state index in [1.165, 1.54) is 0 Å². The number of rotatable bonds is 5. The fraction of sp³-hybridized carbons (Fsp3) is 0.267. The average Bonchev–Trinajstić information content (AvgIpc) is 2.43. The molecule has 0 aromatic heterocycles. The van der Waals surface area contributed by atoms with Gasteiger partial charge in [0.15, 0.2) is 6.61 Å². The van der Waals surface area contributed by atoms with Gasteiger partial charge >= 0.3 is 5.97 Å². The minimum absolute atomic E-state index is 0.0292. The third-order valence-corrected chi connectivity index (χ3v) is 3.06. The molecular weight excluding hydrogens is 244 g/mol. The normalized spacial score (nSPS) is 12.3. The molecular formula is C15H16O4. The highest BCUT2D eigenvalue weighted by Gasteiger charge is 2.12. The number of hydrogen-bond acceptors (Lipinski definition) is 3. The van der Waals surface area contributed by atoms with Crippen LogP contribution in [0.4, 0.5) is 0 Å². The number of fused-ring (bicyclic) bond motifs is 1. The first-order chi connectivity index (χ1) is 9.13. The van der Waals surface area contributed by atoms with Crippen molar-refractivity contribution in [2.24, 2.45) is 0 Å². The smallest absolute Gasteiger partial charge is 0.341 e. The Morgan fingerprint density at radius 2 is 1.89 bits per heavy atom. The van der Waals surface area contributed by atoms with E-state index in [1.807, 2.05) is 37.3 Å². The van der Waals surface area contributed by atoms with Crippen LogP contribution in [0, 0.1) is 0 Å². The second-order valence-electron chi connectivity index (χ2n) is 4.26. The predicted molar refractivity (Wildman–Crippen MR) is 72.5 cm³/mol. The maximum Gasteiger partial charge on any atom is 0.341 e. The molecule has 2 aromatic rings. The summed E-state index contributed by atoms with van der Waals surface area (Å²) >= 11 is 0. The number of aliphatic carboxylic acids is 1. The van der Waals surface area contributed by atoms with E-state index in [-0.39, 0.29) is 12.7 Å². The Balaban J connectivity index is 2.48. The molecule has 0 fully saturated rings. The van der Waals surface area contributed by atoms with E-state index in [9.17, 15) is 4.79 Å². The molecule has 0 unspecified atom stereocenters. The van der Waals surface area contributed by atoms with Gasteiger partial charge in [-0.1, -0.05) is 30.3 Å². The summed E-state index contributed by atoms with van der Waals surface area (Å²) in [5.41, 5.74) is 1.06. The van der Waals surface area contributed by atoms with Gasteiger partial charge in [0.05, 0.1) is 6.10 Å². The Kier molecular flexibility index (Phi) is 4.02. The van der Waals surface area contributed by atoms with Crippen LogP contribution in [-0.4, -0.2) is 24.8 Å². The van der Waals surface area contributed by atoms with Crippen LogP contribution in [0.25, 0.3) is 10.8 Å². The van der Waals surface area contributed by atoms with Gasteiger partial charge in [-0.25, -0.2) is 4.79 Å². The predicted octanol–water partition coefficient (Wildman–Crippen LogP) is 3.01. The minimum Gasteiger partial charge on any atom is -0.481 e. The number of hydrogen-bond donors (Lipinski definition) is 1. The SMILES string of the molecule is CO[C@H](C)c1ccc(OCC(=O)O)c2ccccc12. The molecule has 0 saturated carbocycles. The first-order valence-corrected chi connectivity index (χ1v) is 6.02. The minimum atomic E-state index is -0.988. The summed E-state index contributed by atoms with van der Waals surface area (Å²) < 4.78 is 10.7. The summed E-state index contributed by atoms with van der Waals surface area (Å²) in [4.78, 5) is 10.6. The van der Waals surface area contributed by atoms with E-state index in [4.69, 9.17) is 14.6 Å². The zero-order chi connectivity index (χ0) is 13.8. The van der Waals surface area contributed by atoms with Crippen molar-refractivity contribution in [1.29, 1.82) is 0 Å². The van der Waals surface area contributed by atoms with Gasteiger partial charge in [-0.3, -0.25) is 0 Å². The van der Waals surface area contributed by atoms with Crippen LogP contribution < -0.4 is 4.74 Å². The molecule has 2 rings (SSSR count). The van der Waals surface area contributed by atoms with Gasteiger partial charge in [0.2, 0.25) is 0 Å². The Bertz CT molecular complexity index is 592. The van der Waals surface area contributed by atoms with E-state index in [0.29, 0.717) is 5.75 Å². The largest absolute Gasteiger partial charge is 0.481 e. The van der Waals surface area contributed by atoms with Crippen molar-refractivity contribution in [1.82, 2.24) is 0 Å². The molecule has 1 atom stereocenters. The Morgan fingerprint density at radius 3 is 2.53 bits per heavy atom. The maximum absolute atomic E-state index is 10.6. The monoisotopic (exact) mass is 260 g/mol. The molecule has 19 heavy (non-hydrogen) atoms. The average molecular weight is 260 g/mol. The molecule has 0 radical (unpaired) electrons. The lowest BCUT2D eigenvalue weighted by molar-refractivity contribution is -0.139. The summed E-state index contributed by atoms with van der Waals surface area (Å²) in [6, 6.07) is 11.4. The van der Waals surface area contributed by atoms with Crippen LogP contribution in [-0.2, 0) is 9.53 Å². The quantitative estimate of drug-likeness (QED) is 0.897. The highest BCUT2D eigenvalue weighted by Crippen LogP contribution is 2.32. The number of benzene rings is 2. The number of carboxylic acids is 1. The summed E-state index contributed by atoms with van der Waals surface area (Å²) in [6.45, 7) is 1.63. The Morgan fingerprint density at radius 1 is 1.21 bits per heavy atom. The van der Waals surface area contributed by atoms with E-state index in [1.54, 1.807) is 13.2 Å². The number of carboxylic acid groups (broad SMARTS) is 1. The van der Waals surface area contributed by atoms with Gasteiger partial charge < -0.3 is 14.6 Å². The number of ether oxygens (including phenoxy) is 2. The van der Waals surface area contributed by atoms with Crippen LogP contribution >= 0.6 is 0 Å². The molecule has 0 saturated heterocycles. The highest BCUT2D eigenvalue weighted by atomic mass is 16.5. The van der Waals surface area contributed by atoms with Crippen LogP contribution in [0.15, 0.2) is 36.4 Å². The lowest BCUT2D eigenvalue weighted by atomic mass is 10.0. The van der Waals surface area contributed by atoms with E-state index >= 15 is 0 Å². The van der Waals surface area contributed by atoms with Crippen molar-refractivity contribution in [2.75, 3.05) is 13.7 Å². The van der Waals surface area contributed by atoms with Crippen molar-refractivity contribution in [3.8, 4) is 5.75 Å². The zero-order valence-corrected chi connectivity index (χ0v) is 10.9. The molecule has 0 heterocycles. The zero-order valence-electron chi connectivity index (χ0n) is 10.9. The maximum atomic E-state index is 10.6. The van der Waals surface area contributed by atoms with Gasteiger partial charge in [-0.2, -0.15) is 0 Å². The van der Waals surface area contributed by atoms with Crippen molar-refractivity contribution >= 4 is 16.7 Å². The van der Waals surface area contributed by atoms with Gasteiger partial charge in [0, 0.05) is 12.5 Å². The van der Waals surface area contributed by atoms with Crippen molar-refractivity contribution in [3.63, 3.8) is 0 Å². The van der Waals surface area contributed by atoms with Gasteiger partial charge in [0.25, 0.3) is 0 Å². The summed E-state index contributed by atoms with van der Waals surface area (Å²) in [6.07, 6.45) is -0.0292.